The Morgan fingerprint density at radius 2 is 2.17 bits per heavy atom. The summed E-state index contributed by atoms with van der Waals surface area (Å²) in [4.78, 5) is 15.2. The van der Waals surface area contributed by atoms with Crippen molar-refractivity contribution in [3.63, 3.8) is 0 Å². The van der Waals surface area contributed by atoms with E-state index in [4.69, 9.17) is 0 Å². The molecule has 0 aliphatic heterocycles. The van der Waals surface area contributed by atoms with Crippen molar-refractivity contribution in [1.29, 1.82) is 0 Å². The molecule has 0 aromatic carbocycles. The summed E-state index contributed by atoms with van der Waals surface area (Å²) in [6.45, 7) is 1.99. The highest BCUT2D eigenvalue weighted by Gasteiger charge is 2.17. The minimum Gasteiger partial charge on any atom is -0.336 e. The van der Waals surface area contributed by atoms with Crippen LogP contribution < -0.4 is 0 Å². The van der Waals surface area contributed by atoms with E-state index in [0.717, 1.165) is 22.7 Å². The highest BCUT2D eigenvalue weighted by atomic mass is 32.1. The van der Waals surface area contributed by atoms with Crippen LogP contribution in [-0.2, 0) is 12.8 Å². The zero-order valence-corrected chi connectivity index (χ0v) is 11.0. The minimum absolute atomic E-state index is 0.818. The van der Waals surface area contributed by atoms with Crippen molar-refractivity contribution in [3.05, 3.63) is 34.3 Å². The summed E-state index contributed by atoms with van der Waals surface area (Å²) in [7, 11) is 0. The molecule has 0 amide bonds. The zero-order chi connectivity index (χ0) is 12.1. The van der Waals surface area contributed by atoms with Crippen molar-refractivity contribution in [2.75, 3.05) is 0 Å². The molecule has 3 aromatic rings. The van der Waals surface area contributed by atoms with E-state index in [1.807, 2.05) is 24.3 Å². The molecule has 0 bridgehead atoms. The van der Waals surface area contributed by atoms with Gasteiger partial charge in [0.2, 0.25) is 0 Å². The molecular weight excluding hydrogens is 242 g/mol. The van der Waals surface area contributed by atoms with Gasteiger partial charge in [0.05, 0.1) is 10.4 Å². The number of nitrogens with zero attached hydrogens (tertiary/aromatic N) is 2. The number of H-pyrrole nitrogens is 1. The third-order valence-corrected chi connectivity index (χ3v) is 4.71. The number of thiophene rings is 1. The van der Waals surface area contributed by atoms with Gasteiger partial charge < -0.3 is 4.98 Å². The molecule has 90 valence electrons. The number of aromatic amines is 1. The van der Waals surface area contributed by atoms with Crippen LogP contribution in [0.25, 0.3) is 21.9 Å². The number of hydrogen-bond acceptors (Lipinski definition) is 3. The van der Waals surface area contributed by atoms with Crippen LogP contribution in [0.1, 0.15) is 22.6 Å². The molecule has 1 N–H and O–H groups in total. The van der Waals surface area contributed by atoms with Gasteiger partial charge >= 0.3 is 0 Å². The van der Waals surface area contributed by atoms with Crippen LogP contribution >= 0.6 is 11.3 Å². The van der Waals surface area contributed by atoms with Gasteiger partial charge in [-0.3, -0.25) is 0 Å². The maximum atomic E-state index is 4.60. The standard InChI is InChI=1S/C14H13N3S/c1-8-5-6-10-13(15-8)17-14(16-10)12-7-9-3-2-4-11(9)18-12/h5-7H,2-4H2,1H3,(H,15,16,17). The molecule has 18 heavy (non-hydrogen) atoms. The predicted octanol–water partition coefficient (Wildman–Crippen LogP) is 3.48. The van der Waals surface area contributed by atoms with Crippen molar-refractivity contribution in [2.45, 2.75) is 26.2 Å². The lowest BCUT2D eigenvalue weighted by atomic mass is 10.2. The number of rotatable bonds is 1. The molecular formula is C14H13N3S. The van der Waals surface area contributed by atoms with Crippen LogP contribution in [0.3, 0.4) is 0 Å². The van der Waals surface area contributed by atoms with E-state index in [2.05, 4.69) is 27.1 Å². The van der Waals surface area contributed by atoms with Crippen molar-refractivity contribution in [3.8, 4) is 10.7 Å². The molecule has 0 atom stereocenters. The van der Waals surface area contributed by atoms with Crippen molar-refractivity contribution < 1.29 is 0 Å². The van der Waals surface area contributed by atoms with Gasteiger partial charge in [-0.25, -0.2) is 9.97 Å². The molecule has 3 aromatic heterocycles. The number of nitrogens with one attached hydrogen (secondary N) is 1. The van der Waals surface area contributed by atoms with Gasteiger partial charge in [0, 0.05) is 10.6 Å². The summed E-state index contributed by atoms with van der Waals surface area (Å²) >= 11 is 1.87. The van der Waals surface area contributed by atoms with Gasteiger partial charge in [-0.2, -0.15) is 0 Å². The molecule has 0 fully saturated rings. The Bertz CT molecular complexity index is 717. The lowest BCUT2D eigenvalue weighted by Gasteiger charge is -1.89. The molecule has 0 saturated heterocycles. The first-order chi connectivity index (χ1) is 8.79. The molecule has 3 heterocycles. The van der Waals surface area contributed by atoms with Crippen molar-refractivity contribution >= 4 is 22.5 Å². The van der Waals surface area contributed by atoms with E-state index in [1.54, 1.807) is 0 Å². The highest BCUT2D eigenvalue weighted by Crippen LogP contribution is 2.35. The third kappa shape index (κ3) is 1.49. The third-order valence-electron chi connectivity index (χ3n) is 3.47. The predicted molar refractivity (Wildman–Crippen MR) is 74.0 cm³/mol. The largest absolute Gasteiger partial charge is 0.336 e. The fraction of sp³-hybridized carbons (Fsp3) is 0.286. The van der Waals surface area contributed by atoms with Crippen LogP contribution in [-0.4, -0.2) is 15.0 Å². The summed E-state index contributed by atoms with van der Waals surface area (Å²) in [6, 6.07) is 6.35. The Hall–Kier alpha value is -1.68. The van der Waals surface area contributed by atoms with Gasteiger partial charge in [0.25, 0.3) is 0 Å². The van der Waals surface area contributed by atoms with E-state index in [0.29, 0.717) is 0 Å². The van der Waals surface area contributed by atoms with E-state index >= 15 is 0 Å². The molecule has 1 aliphatic rings. The van der Waals surface area contributed by atoms with Gasteiger partial charge in [0.15, 0.2) is 11.5 Å². The average molecular weight is 255 g/mol. The van der Waals surface area contributed by atoms with Crippen LogP contribution in [0.2, 0.25) is 0 Å². The monoisotopic (exact) mass is 255 g/mol. The first-order valence-electron chi connectivity index (χ1n) is 6.25. The molecule has 4 heteroatoms. The first kappa shape index (κ1) is 10.3. The lowest BCUT2D eigenvalue weighted by molar-refractivity contribution is 0.915. The minimum atomic E-state index is 0.818. The number of imidazole rings is 1. The second-order valence-electron chi connectivity index (χ2n) is 4.82. The molecule has 0 saturated carbocycles. The van der Waals surface area contributed by atoms with E-state index in [9.17, 15) is 0 Å². The quantitative estimate of drug-likeness (QED) is 0.723. The van der Waals surface area contributed by atoms with Gasteiger partial charge in [-0.05, 0) is 49.9 Å². The van der Waals surface area contributed by atoms with E-state index < -0.39 is 0 Å². The fourth-order valence-electron chi connectivity index (χ4n) is 2.55. The number of hydrogen-bond donors (Lipinski definition) is 1. The summed E-state index contributed by atoms with van der Waals surface area (Å²) in [6.07, 6.45) is 3.77. The normalized spacial score (nSPS) is 14.3. The summed E-state index contributed by atoms with van der Waals surface area (Å²) in [5.41, 5.74) is 4.36. The van der Waals surface area contributed by atoms with Crippen molar-refractivity contribution in [2.24, 2.45) is 0 Å². The SMILES string of the molecule is Cc1ccc2[nH]c(-c3cc4c(s3)CCC4)nc2n1. The Morgan fingerprint density at radius 1 is 1.22 bits per heavy atom. The van der Waals surface area contributed by atoms with Crippen LogP contribution in [0.15, 0.2) is 18.2 Å². The number of fused-ring (bicyclic) bond motifs is 2. The van der Waals surface area contributed by atoms with Gasteiger partial charge in [-0.1, -0.05) is 0 Å². The van der Waals surface area contributed by atoms with Crippen LogP contribution in [0.5, 0.6) is 0 Å². The summed E-state index contributed by atoms with van der Waals surface area (Å²) < 4.78 is 0. The zero-order valence-electron chi connectivity index (χ0n) is 10.2. The summed E-state index contributed by atoms with van der Waals surface area (Å²) in [5.74, 6) is 0.961. The Balaban J connectivity index is 1.85. The van der Waals surface area contributed by atoms with E-state index in [-0.39, 0.29) is 0 Å². The van der Waals surface area contributed by atoms with Crippen molar-refractivity contribution in [1.82, 2.24) is 15.0 Å². The van der Waals surface area contributed by atoms with Crippen LogP contribution in [0.4, 0.5) is 0 Å². The Labute approximate surface area is 109 Å². The molecule has 1 aliphatic carbocycles. The molecule has 0 radical (unpaired) electrons. The number of aryl methyl sites for hydroxylation is 3. The maximum Gasteiger partial charge on any atom is 0.178 e. The highest BCUT2D eigenvalue weighted by molar-refractivity contribution is 7.15. The average Bonchev–Trinajstić information content (AvgIpc) is 2.99. The Morgan fingerprint density at radius 3 is 3.06 bits per heavy atom. The second kappa shape index (κ2) is 3.65. The fourth-order valence-corrected chi connectivity index (χ4v) is 3.75. The molecule has 0 unspecified atom stereocenters. The van der Waals surface area contributed by atoms with Crippen LogP contribution in [0, 0.1) is 6.92 Å². The molecule has 3 nitrogen and oxygen atoms in total. The summed E-state index contributed by atoms with van der Waals surface area (Å²) in [5, 5.41) is 0. The second-order valence-corrected chi connectivity index (χ2v) is 5.96. The molecule has 0 spiro atoms. The number of aromatic nitrogens is 3. The van der Waals surface area contributed by atoms with Gasteiger partial charge in [-0.15, -0.1) is 11.3 Å². The smallest absolute Gasteiger partial charge is 0.178 e. The lowest BCUT2D eigenvalue weighted by Crippen LogP contribution is -1.80. The molecule has 4 rings (SSSR count). The first-order valence-corrected chi connectivity index (χ1v) is 7.06. The maximum absolute atomic E-state index is 4.60. The van der Waals surface area contributed by atoms with E-state index in [1.165, 1.54) is 34.6 Å². The topological polar surface area (TPSA) is 41.6 Å². The Kier molecular flexibility index (Phi) is 2.08. The van der Waals surface area contributed by atoms with Gasteiger partial charge in [0.1, 0.15) is 0 Å². The number of pyridine rings is 1.